The zero-order valence-electron chi connectivity index (χ0n) is 16.5. The minimum absolute atomic E-state index is 0.0702. The summed E-state index contributed by atoms with van der Waals surface area (Å²) in [5.41, 5.74) is 8.86. The van der Waals surface area contributed by atoms with Crippen molar-refractivity contribution in [2.45, 2.75) is 6.54 Å². The first-order valence-electron chi connectivity index (χ1n) is 9.83. The average Bonchev–Trinajstić information content (AvgIpc) is 3.10. The summed E-state index contributed by atoms with van der Waals surface area (Å²) in [5, 5.41) is 7.45. The summed E-state index contributed by atoms with van der Waals surface area (Å²) in [6.07, 6.45) is 1.75. The Kier molecular flexibility index (Phi) is 5.72. The van der Waals surface area contributed by atoms with Crippen LogP contribution in [-0.4, -0.2) is 41.0 Å². The minimum atomic E-state index is -0.279. The molecule has 0 aliphatic heterocycles. The first kappa shape index (κ1) is 19.6. The highest BCUT2D eigenvalue weighted by Crippen LogP contribution is 2.29. The number of benzene rings is 2. The molecule has 7 nitrogen and oxygen atoms in total. The van der Waals surface area contributed by atoms with Gasteiger partial charge < -0.3 is 20.9 Å². The highest BCUT2D eigenvalue weighted by molar-refractivity contribution is 6.09. The lowest BCUT2D eigenvalue weighted by Gasteiger charge is -2.08. The van der Waals surface area contributed by atoms with Crippen LogP contribution >= 0.6 is 0 Å². The van der Waals surface area contributed by atoms with E-state index in [0.29, 0.717) is 18.8 Å². The molecular weight excluding hydrogens is 378 g/mol. The van der Waals surface area contributed by atoms with Crippen LogP contribution in [0.15, 0.2) is 66.9 Å². The number of hydrogen-bond donors (Lipinski definition) is 3. The van der Waals surface area contributed by atoms with Gasteiger partial charge in [0.2, 0.25) is 5.91 Å². The first-order chi connectivity index (χ1) is 14.7. The third-order valence-corrected chi connectivity index (χ3v) is 4.99. The molecule has 7 heteroatoms. The van der Waals surface area contributed by atoms with Gasteiger partial charge in [-0.25, -0.2) is 4.98 Å². The van der Waals surface area contributed by atoms with Crippen molar-refractivity contribution >= 4 is 33.6 Å². The van der Waals surface area contributed by atoms with Crippen LogP contribution in [-0.2, 0) is 11.3 Å². The molecule has 0 bridgehead atoms. The SMILES string of the molecule is NCC(=O)NCCNC(=O)c1cc2c3ccccc3n(Cc3ccccc3)c2cn1. The van der Waals surface area contributed by atoms with Gasteiger partial charge in [0.1, 0.15) is 5.69 Å². The van der Waals surface area contributed by atoms with Crippen molar-refractivity contribution in [2.75, 3.05) is 19.6 Å². The number of nitrogens with zero attached hydrogens (tertiary/aromatic N) is 2. The van der Waals surface area contributed by atoms with Crippen LogP contribution < -0.4 is 16.4 Å². The molecule has 0 spiro atoms. The number of carbonyl (C=O) groups excluding carboxylic acids is 2. The van der Waals surface area contributed by atoms with Gasteiger partial charge in [0, 0.05) is 35.9 Å². The largest absolute Gasteiger partial charge is 0.353 e. The van der Waals surface area contributed by atoms with Crippen LogP contribution in [0.5, 0.6) is 0 Å². The van der Waals surface area contributed by atoms with E-state index in [1.807, 2.05) is 36.4 Å². The van der Waals surface area contributed by atoms with Gasteiger partial charge in [-0.3, -0.25) is 9.59 Å². The Morgan fingerprint density at radius 2 is 1.63 bits per heavy atom. The summed E-state index contributed by atoms with van der Waals surface area (Å²) in [5.74, 6) is -0.534. The Morgan fingerprint density at radius 1 is 0.900 bits per heavy atom. The summed E-state index contributed by atoms with van der Waals surface area (Å²) in [6, 6.07) is 20.2. The Bertz CT molecular complexity index is 1200. The van der Waals surface area contributed by atoms with Crippen LogP contribution in [0.2, 0.25) is 0 Å². The molecule has 152 valence electrons. The summed E-state index contributed by atoms with van der Waals surface area (Å²) in [4.78, 5) is 28.1. The number of pyridine rings is 1. The number of rotatable bonds is 7. The molecule has 2 amide bonds. The lowest BCUT2D eigenvalue weighted by Crippen LogP contribution is -2.37. The summed E-state index contributed by atoms with van der Waals surface area (Å²) in [7, 11) is 0. The molecule has 2 heterocycles. The molecule has 0 unspecified atom stereocenters. The predicted molar refractivity (Wildman–Crippen MR) is 117 cm³/mol. The molecule has 4 rings (SSSR count). The molecule has 0 aliphatic rings. The number of amides is 2. The van der Waals surface area contributed by atoms with Crippen LogP contribution in [0.3, 0.4) is 0 Å². The second kappa shape index (κ2) is 8.75. The molecule has 2 aromatic carbocycles. The highest BCUT2D eigenvalue weighted by atomic mass is 16.2. The van der Waals surface area contributed by atoms with Crippen molar-refractivity contribution in [1.29, 1.82) is 0 Å². The number of para-hydroxylation sites is 1. The number of carbonyl (C=O) groups is 2. The lowest BCUT2D eigenvalue weighted by atomic mass is 10.1. The molecule has 30 heavy (non-hydrogen) atoms. The van der Waals surface area contributed by atoms with Gasteiger partial charge in [0.15, 0.2) is 0 Å². The summed E-state index contributed by atoms with van der Waals surface area (Å²) >= 11 is 0. The molecule has 0 aliphatic carbocycles. The van der Waals surface area contributed by atoms with Gasteiger partial charge in [0.05, 0.1) is 18.3 Å². The quantitative estimate of drug-likeness (QED) is 0.413. The van der Waals surface area contributed by atoms with Crippen LogP contribution in [0, 0.1) is 0 Å². The topological polar surface area (TPSA) is 102 Å². The molecule has 4 aromatic rings. The molecule has 0 fully saturated rings. The van der Waals surface area contributed by atoms with Crippen molar-refractivity contribution in [3.63, 3.8) is 0 Å². The fourth-order valence-corrected chi connectivity index (χ4v) is 3.55. The van der Waals surface area contributed by atoms with Crippen molar-refractivity contribution < 1.29 is 9.59 Å². The number of aromatic nitrogens is 2. The molecule has 0 saturated heterocycles. The number of hydrogen-bond acceptors (Lipinski definition) is 4. The van der Waals surface area contributed by atoms with Crippen LogP contribution in [0.25, 0.3) is 21.8 Å². The van der Waals surface area contributed by atoms with Crippen LogP contribution in [0.4, 0.5) is 0 Å². The molecule has 0 radical (unpaired) electrons. The standard InChI is InChI=1S/C23H23N5O2/c24-13-22(29)25-10-11-26-23(30)19-12-18-17-8-4-5-9-20(17)28(21(18)14-27-19)15-16-6-2-1-3-7-16/h1-9,12,14H,10-11,13,15,24H2,(H,25,29)(H,26,30). The van der Waals surface area contributed by atoms with E-state index in [2.05, 4.69) is 44.5 Å². The molecule has 0 saturated carbocycles. The highest BCUT2D eigenvalue weighted by Gasteiger charge is 2.14. The van der Waals surface area contributed by atoms with Gasteiger partial charge in [-0.2, -0.15) is 0 Å². The van der Waals surface area contributed by atoms with Gasteiger partial charge in [0.25, 0.3) is 5.91 Å². The number of nitrogens with one attached hydrogen (secondary N) is 2. The third-order valence-electron chi connectivity index (χ3n) is 4.99. The Labute approximate surface area is 173 Å². The van der Waals surface area contributed by atoms with Crippen LogP contribution in [0.1, 0.15) is 16.1 Å². The zero-order valence-corrected chi connectivity index (χ0v) is 16.5. The van der Waals surface area contributed by atoms with E-state index in [-0.39, 0.29) is 18.4 Å². The Hall–Kier alpha value is -3.71. The van der Waals surface area contributed by atoms with E-state index in [4.69, 9.17) is 5.73 Å². The lowest BCUT2D eigenvalue weighted by molar-refractivity contribution is -0.119. The second-order valence-electron chi connectivity index (χ2n) is 6.99. The fourth-order valence-electron chi connectivity index (χ4n) is 3.55. The Morgan fingerprint density at radius 3 is 2.43 bits per heavy atom. The van der Waals surface area contributed by atoms with Crippen molar-refractivity contribution in [3.8, 4) is 0 Å². The normalized spacial score (nSPS) is 11.0. The van der Waals surface area contributed by atoms with Crippen molar-refractivity contribution in [1.82, 2.24) is 20.2 Å². The van der Waals surface area contributed by atoms with Gasteiger partial charge >= 0.3 is 0 Å². The van der Waals surface area contributed by atoms with E-state index in [1.54, 1.807) is 6.20 Å². The number of fused-ring (bicyclic) bond motifs is 3. The molecular formula is C23H23N5O2. The monoisotopic (exact) mass is 401 g/mol. The van der Waals surface area contributed by atoms with Crippen molar-refractivity contribution in [2.24, 2.45) is 5.73 Å². The Balaban J connectivity index is 1.62. The van der Waals surface area contributed by atoms with E-state index in [1.165, 1.54) is 5.56 Å². The molecule has 0 atom stereocenters. The maximum absolute atomic E-state index is 12.5. The van der Waals surface area contributed by atoms with E-state index >= 15 is 0 Å². The molecule has 4 N–H and O–H groups in total. The third kappa shape index (κ3) is 4.01. The summed E-state index contributed by atoms with van der Waals surface area (Å²) in [6.45, 7) is 1.28. The predicted octanol–water partition coefficient (Wildman–Crippen LogP) is 2.04. The zero-order chi connectivity index (χ0) is 20.9. The van der Waals surface area contributed by atoms with E-state index in [9.17, 15) is 9.59 Å². The van der Waals surface area contributed by atoms with Gasteiger partial charge in [-0.1, -0.05) is 48.5 Å². The smallest absolute Gasteiger partial charge is 0.269 e. The van der Waals surface area contributed by atoms with E-state index < -0.39 is 0 Å². The first-order valence-corrected chi connectivity index (χ1v) is 9.83. The van der Waals surface area contributed by atoms with Crippen molar-refractivity contribution in [3.05, 3.63) is 78.1 Å². The minimum Gasteiger partial charge on any atom is -0.353 e. The maximum atomic E-state index is 12.5. The van der Waals surface area contributed by atoms with E-state index in [0.717, 1.165) is 28.4 Å². The number of nitrogens with two attached hydrogens (primary N) is 1. The fraction of sp³-hybridized carbons (Fsp3) is 0.174. The summed E-state index contributed by atoms with van der Waals surface area (Å²) < 4.78 is 2.22. The second-order valence-corrected chi connectivity index (χ2v) is 6.99. The maximum Gasteiger partial charge on any atom is 0.269 e. The van der Waals surface area contributed by atoms with Gasteiger partial charge in [-0.05, 0) is 17.7 Å². The molecule has 2 aromatic heterocycles. The average molecular weight is 401 g/mol. The van der Waals surface area contributed by atoms with Gasteiger partial charge in [-0.15, -0.1) is 0 Å².